The molecule has 15 heavy (non-hydrogen) atoms. The Morgan fingerprint density at radius 1 is 1.20 bits per heavy atom. The third-order valence-electron chi connectivity index (χ3n) is 1.59. The number of rotatable bonds is 2. The predicted octanol–water partition coefficient (Wildman–Crippen LogP) is 2.37. The Kier molecular flexibility index (Phi) is 3.17. The summed E-state index contributed by atoms with van der Waals surface area (Å²) in [5.41, 5.74) is 6.43. The summed E-state index contributed by atoms with van der Waals surface area (Å²) in [5.74, 6) is 0. The first-order chi connectivity index (χ1) is 7.25. The molecular formula is C9H7BrN4S. The minimum atomic E-state index is 0.625. The zero-order chi connectivity index (χ0) is 10.7. The smallest absolute Gasteiger partial charge is 0.125 e. The van der Waals surface area contributed by atoms with Crippen LogP contribution in [0.4, 0.5) is 5.69 Å². The maximum absolute atomic E-state index is 5.81. The highest BCUT2D eigenvalue weighted by atomic mass is 79.9. The Bertz CT molecular complexity index is 463. The highest BCUT2D eigenvalue weighted by molar-refractivity contribution is 9.10. The monoisotopic (exact) mass is 282 g/mol. The fourth-order valence-corrected chi connectivity index (χ4v) is 2.02. The quantitative estimate of drug-likeness (QED) is 0.916. The van der Waals surface area contributed by atoms with Crippen molar-refractivity contribution < 1.29 is 0 Å². The molecular weight excluding hydrogens is 276 g/mol. The second-order valence-electron chi connectivity index (χ2n) is 2.69. The summed E-state index contributed by atoms with van der Waals surface area (Å²) in [5, 5.41) is 1.51. The number of hydrogen-bond acceptors (Lipinski definition) is 5. The molecule has 0 aliphatic carbocycles. The molecule has 2 N–H and O–H groups in total. The van der Waals surface area contributed by atoms with Crippen molar-refractivity contribution >= 4 is 33.4 Å². The summed E-state index contributed by atoms with van der Waals surface area (Å²) < 4.78 is 0.864. The van der Waals surface area contributed by atoms with Crippen LogP contribution in [0.15, 0.2) is 45.4 Å². The zero-order valence-electron chi connectivity index (χ0n) is 7.59. The van der Waals surface area contributed by atoms with Gasteiger partial charge in [-0.2, -0.15) is 0 Å². The van der Waals surface area contributed by atoms with Gasteiger partial charge in [0.05, 0.1) is 11.9 Å². The van der Waals surface area contributed by atoms with Crippen LogP contribution < -0.4 is 5.73 Å². The summed E-state index contributed by atoms with van der Waals surface area (Å²) in [7, 11) is 0. The van der Waals surface area contributed by atoms with Gasteiger partial charge in [-0.3, -0.25) is 4.98 Å². The molecule has 0 amide bonds. The van der Waals surface area contributed by atoms with Gasteiger partial charge in [0.25, 0.3) is 0 Å². The van der Waals surface area contributed by atoms with Gasteiger partial charge in [-0.05, 0) is 33.8 Å². The van der Waals surface area contributed by atoms with Crippen LogP contribution in [0, 0.1) is 0 Å². The maximum Gasteiger partial charge on any atom is 0.125 e. The molecule has 6 heteroatoms. The lowest BCUT2D eigenvalue weighted by molar-refractivity contribution is 1.04. The number of aromatic nitrogens is 3. The average Bonchev–Trinajstić information content (AvgIpc) is 2.24. The van der Waals surface area contributed by atoms with Crippen LogP contribution in [0.3, 0.4) is 0 Å². The third kappa shape index (κ3) is 2.66. The Hall–Kier alpha value is -1.14. The lowest BCUT2D eigenvalue weighted by Crippen LogP contribution is -1.92. The van der Waals surface area contributed by atoms with Gasteiger partial charge >= 0.3 is 0 Å². The van der Waals surface area contributed by atoms with Crippen LogP contribution in [-0.4, -0.2) is 15.0 Å². The number of halogens is 1. The Balaban J connectivity index is 2.25. The lowest BCUT2D eigenvalue weighted by atomic mass is 10.4. The van der Waals surface area contributed by atoms with Crippen molar-refractivity contribution in [1.82, 2.24) is 15.0 Å². The molecule has 0 saturated carbocycles. The molecule has 0 spiro atoms. The van der Waals surface area contributed by atoms with Crippen molar-refractivity contribution in [3.63, 3.8) is 0 Å². The highest BCUT2D eigenvalue weighted by Gasteiger charge is 2.04. The van der Waals surface area contributed by atoms with E-state index in [0.717, 1.165) is 14.5 Å². The average molecular weight is 283 g/mol. The van der Waals surface area contributed by atoms with E-state index in [4.69, 9.17) is 5.73 Å². The minimum Gasteiger partial charge on any atom is -0.397 e. The maximum atomic E-state index is 5.81. The number of nitrogen functional groups attached to an aromatic ring is 1. The third-order valence-corrected chi connectivity index (χ3v) is 2.97. The van der Waals surface area contributed by atoms with Crippen molar-refractivity contribution in [3.8, 4) is 0 Å². The SMILES string of the molecule is Nc1cc(Br)cnc1Sc1cnccn1. The molecule has 0 bridgehead atoms. The molecule has 0 radical (unpaired) electrons. The van der Waals surface area contributed by atoms with E-state index in [1.54, 1.807) is 24.8 Å². The van der Waals surface area contributed by atoms with E-state index in [2.05, 4.69) is 30.9 Å². The van der Waals surface area contributed by atoms with E-state index in [1.165, 1.54) is 11.8 Å². The van der Waals surface area contributed by atoms with E-state index in [0.29, 0.717) is 5.69 Å². The number of hydrogen-bond donors (Lipinski definition) is 1. The second kappa shape index (κ2) is 4.59. The normalized spacial score (nSPS) is 10.2. The highest BCUT2D eigenvalue weighted by Crippen LogP contribution is 2.29. The molecule has 2 heterocycles. The van der Waals surface area contributed by atoms with Crippen LogP contribution >= 0.6 is 27.7 Å². The topological polar surface area (TPSA) is 64.7 Å². The Labute approximate surface area is 99.5 Å². The van der Waals surface area contributed by atoms with Crippen molar-refractivity contribution in [3.05, 3.63) is 35.3 Å². The summed E-state index contributed by atoms with van der Waals surface area (Å²) in [6.45, 7) is 0. The van der Waals surface area contributed by atoms with Crippen LogP contribution in [0.25, 0.3) is 0 Å². The molecule has 0 fully saturated rings. The minimum absolute atomic E-state index is 0.625. The molecule has 4 nitrogen and oxygen atoms in total. The lowest BCUT2D eigenvalue weighted by Gasteiger charge is -2.02. The zero-order valence-corrected chi connectivity index (χ0v) is 9.99. The van der Waals surface area contributed by atoms with Crippen LogP contribution in [0.2, 0.25) is 0 Å². The number of pyridine rings is 1. The largest absolute Gasteiger partial charge is 0.397 e. The summed E-state index contributed by atoms with van der Waals surface area (Å²) in [6, 6.07) is 1.81. The van der Waals surface area contributed by atoms with Crippen LogP contribution in [-0.2, 0) is 0 Å². The first kappa shape index (κ1) is 10.4. The first-order valence-electron chi connectivity index (χ1n) is 4.10. The van der Waals surface area contributed by atoms with E-state index >= 15 is 0 Å². The van der Waals surface area contributed by atoms with Gasteiger partial charge in [-0.1, -0.05) is 0 Å². The van der Waals surface area contributed by atoms with Crippen molar-refractivity contribution in [2.45, 2.75) is 10.1 Å². The fraction of sp³-hybridized carbons (Fsp3) is 0. The van der Waals surface area contributed by atoms with Gasteiger partial charge in [-0.25, -0.2) is 9.97 Å². The Morgan fingerprint density at radius 3 is 2.73 bits per heavy atom. The molecule has 2 aromatic heterocycles. The molecule has 0 aliphatic rings. The molecule has 0 aliphatic heterocycles. The number of nitrogens with zero attached hydrogens (tertiary/aromatic N) is 3. The molecule has 2 rings (SSSR count). The van der Waals surface area contributed by atoms with Crippen molar-refractivity contribution in [2.75, 3.05) is 5.73 Å². The van der Waals surface area contributed by atoms with Crippen LogP contribution in [0.5, 0.6) is 0 Å². The summed E-state index contributed by atoms with van der Waals surface area (Å²) >= 11 is 4.69. The molecule has 0 unspecified atom stereocenters. The van der Waals surface area contributed by atoms with Crippen LogP contribution in [0.1, 0.15) is 0 Å². The van der Waals surface area contributed by atoms with Gasteiger partial charge < -0.3 is 5.73 Å². The molecule has 0 saturated heterocycles. The molecule has 0 aromatic carbocycles. The van der Waals surface area contributed by atoms with E-state index in [-0.39, 0.29) is 0 Å². The van der Waals surface area contributed by atoms with Gasteiger partial charge in [-0.15, -0.1) is 0 Å². The predicted molar refractivity (Wildman–Crippen MR) is 62.5 cm³/mol. The first-order valence-corrected chi connectivity index (χ1v) is 5.71. The standard InChI is InChI=1S/C9H7BrN4S/c10-6-3-7(11)9(14-4-6)15-8-5-12-1-2-13-8/h1-5H,11H2. The molecule has 2 aromatic rings. The van der Waals surface area contributed by atoms with E-state index in [1.807, 2.05) is 6.07 Å². The summed E-state index contributed by atoms with van der Waals surface area (Å²) in [6.07, 6.45) is 6.64. The van der Waals surface area contributed by atoms with Gasteiger partial charge in [0.15, 0.2) is 0 Å². The van der Waals surface area contributed by atoms with Gasteiger partial charge in [0.2, 0.25) is 0 Å². The van der Waals surface area contributed by atoms with E-state index < -0.39 is 0 Å². The second-order valence-corrected chi connectivity index (χ2v) is 4.62. The van der Waals surface area contributed by atoms with Gasteiger partial charge in [0.1, 0.15) is 10.1 Å². The van der Waals surface area contributed by atoms with Crippen molar-refractivity contribution in [2.24, 2.45) is 0 Å². The summed E-state index contributed by atoms with van der Waals surface area (Å²) in [4.78, 5) is 12.3. The molecule has 76 valence electrons. The van der Waals surface area contributed by atoms with Crippen molar-refractivity contribution in [1.29, 1.82) is 0 Å². The Morgan fingerprint density at radius 2 is 2.07 bits per heavy atom. The fourth-order valence-electron chi connectivity index (χ4n) is 0.965. The van der Waals surface area contributed by atoms with Gasteiger partial charge in [0, 0.05) is 23.1 Å². The number of nitrogens with two attached hydrogens (primary N) is 1. The molecule has 0 atom stereocenters. The number of anilines is 1. The van der Waals surface area contributed by atoms with E-state index in [9.17, 15) is 0 Å².